The lowest BCUT2D eigenvalue weighted by atomic mass is 10.0. The van der Waals surface area contributed by atoms with E-state index in [2.05, 4.69) is 53.0 Å². The Morgan fingerprint density at radius 3 is 2.74 bits per heavy atom. The SMILES string of the molecule is CSC(C)(C)c1ccc2cnn(CCCN3CCOCC3)c2c1. The lowest BCUT2D eigenvalue weighted by Gasteiger charge is -2.26. The first-order valence-electron chi connectivity index (χ1n) is 8.41. The summed E-state index contributed by atoms with van der Waals surface area (Å²) in [6, 6.07) is 6.75. The number of rotatable bonds is 6. The summed E-state index contributed by atoms with van der Waals surface area (Å²) in [6.07, 6.45) is 5.29. The Hall–Kier alpha value is -1.04. The molecule has 1 saturated heterocycles. The van der Waals surface area contributed by atoms with E-state index in [-0.39, 0.29) is 4.75 Å². The number of aromatic nitrogens is 2. The molecule has 2 heterocycles. The zero-order chi connectivity index (χ0) is 16.3. The Morgan fingerprint density at radius 2 is 2.00 bits per heavy atom. The molecule has 1 fully saturated rings. The van der Waals surface area contributed by atoms with Crippen LogP contribution < -0.4 is 0 Å². The average molecular weight is 334 g/mol. The van der Waals surface area contributed by atoms with Gasteiger partial charge in [-0.2, -0.15) is 16.9 Å². The molecule has 0 bridgehead atoms. The van der Waals surface area contributed by atoms with E-state index in [9.17, 15) is 0 Å². The second-order valence-electron chi connectivity index (χ2n) is 6.66. The van der Waals surface area contributed by atoms with Crippen LogP contribution in [0.25, 0.3) is 10.9 Å². The van der Waals surface area contributed by atoms with Crippen molar-refractivity contribution in [1.29, 1.82) is 0 Å². The molecule has 23 heavy (non-hydrogen) atoms. The molecule has 0 amide bonds. The smallest absolute Gasteiger partial charge is 0.0685 e. The van der Waals surface area contributed by atoms with Crippen molar-refractivity contribution >= 4 is 22.7 Å². The normalized spacial score (nSPS) is 17.0. The van der Waals surface area contributed by atoms with Crippen LogP contribution in [0.4, 0.5) is 0 Å². The molecule has 0 radical (unpaired) electrons. The Morgan fingerprint density at radius 1 is 1.22 bits per heavy atom. The molecule has 1 aliphatic heterocycles. The van der Waals surface area contributed by atoms with E-state index in [1.54, 1.807) is 0 Å². The van der Waals surface area contributed by atoms with Crippen LogP contribution >= 0.6 is 11.8 Å². The fourth-order valence-corrected chi connectivity index (χ4v) is 3.37. The number of hydrogen-bond acceptors (Lipinski definition) is 4. The molecule has 0 spiro atoms. The van der Waals surface area contributed by atoms with Crippen molar-refractivity contribution in [1.82, 2.24) is 14.7 Å². The first-order chi connectivity index (χ1) is 11.1. The van der Waals surface area contributed by atoms with Crippen molar-refractivity contribution in [2.24, 2.45) is 0 Å². The molecule has 0 unspecified atom stereocenters. The van der Waals surface area contributed by atoms with E-state index in [0.717, 1.165) is 45.8 Å². The third-order valence-corrected chi connectivity index (χ3v) is 6.05. The Bertz CT molecular complexity index is 647. The van der Waals surface area contributed by atoms with Crippen molar-refractivity contribution in [2.75, 3.05) is 39.1 Å². The fourth-order valence-electron chi connectivity index (χ4n) is 3.01. The highest BCUT2D eigenvalue weighted by Crippen LogP contribution is 2.35. The number of aryl methyl sites for hydroxylation is 1. The zero-order valence-corrected chi connectivity index (χ0v) is 15.2. The zero-order valence-electron chi connectivity index (χ0n) is 14.4. The summed E-state index contributed by atoms with van der Waals surface area (Å²) in [5.74, 6) is 0. The number of morpholine rings is 1. The minimum absolute atomic E-state index is 0.136. The van der Waals surface area contributed by atoms with Crippen molar-refractivity contribution in [3.63, 3.8) is 0 Å². The van der Waals surface area contributed by atoms with Crippen molar-refractivity contribution in [3.8, 4) is 0 Å². The van der Waals surface area contributed by atoms with Gasteiger partial charge in [-0.15, -0.1) is 0 Å². The summed E-state index contributed by atoms with van der Waals surface area (Å²) in [5.41, 5.74) is 2.62. The minimum Gasteiger partial charge on any atom is -0.379 e. The number of hydrogen-bond donors (Lipinski definition) is 0. The molecular formula is C18H27N3OS. The molecule has 3 rings (SSSR count). The summed E-state index contributed by atoms with van der Waals surface area (Å²) < 4.78 is 7.70. The second-order valence-corrected chi connectivity index (χ2v) is 8.09. The summed E-state index contributed by atoms with van der Waals surface area (Å²) in [6.45, 7) is 10.5. The number of ether oxygens (including phenoxy) is 1. The number of benzene rings is 1. The Labute approximate surface area is 143 Å². The standard InChI is InChI=1S/C18H27N3OS/c1-18(2,23-3)16-6-5-15-14-19-21(17(15)13-16)8-4-7-20-9-11-22-12-10-20/h5-6,13-14H,4,7-12H2,1-3H3. The molecule has 0 saturated carbocycles. The summed E-state index contributed by atoms with van der Waals surface area (Å²) in [4.78, 5) is 2.48. The molecule has 1 aliphatic rings. The molecule has 5 heteroatoms. The van der Waals surface area contributed by atoms with Crippen LogP contribution in [0.5, 0.6) is 0 Å². The van der Waals surface area contributed by atoms with E-state index in [1.807, 2.05) is 18.0 Å². The molecule has 126 valence electrons. The van der Waals surface area contributed by atoms with Crippen molar-refractivity contribution < 1.29 is 4.74 Å². The summed E-state index contributed by atoms with van der Waals surface area (Å²) in [5, 5.41) is 5.83. The third-order valence-electron chi connectivity index (χ3n) is 4.80. The maximum Gasteiger partial charge on any atom is 0.0685 e. The number of nitrogens with zero attached hydrogens (tertiary/aromatic N) is 3. The average Bonchev–Trinajstić information content (AvgIpc) is 2.98. The molecule has 0 aliphatic carbocycles. The first-order valence-corrected chi connectivity index (χ1v) is 9.64. The van der Waals surface area contributed by atoms with E-state index < -0.39 is 0 Å². The van der Waals surface area contributed by atoms with E-state index in [4.69, 9.17) is 4.74 Å². The lowest BCUT2D eigenvalue weighted by molar-refractivity contribution is 0.0368. The predicted molar refractivity (Wildman–Crippen MR) is 98.2 cm³/mol. The highest BCUT2D eigenvalue weighted by molar-refractivity contribution is 7.99. The van der Waals surface area contributed by atoms with Gasteiger partial charge in [-0.05, 0) is 38.2 Å². The molecule has 2 aromatic rings. The number of thioether (sulfide) groups is 1. The maximum absolute atomic E-state index is 5.40. The van der Waals surface area contributed by atoms with Crippen LogP contribution in [0.1, 0.15) is 25.8 Å². The van der Waals surface area contributed by atoms with Crippen LogP contribution in [0, 0.1) is 0 Å². The van der Waals surface area contributed by atoms with Gasteiger partial charge < -0.3 is 4.74 Å². The molecular weight excluding hydrogens is 306 g/mol. The van der Waals surface area contributed by atoms with E-state index in [1.165, 1.54) is 16.5 Å². The van der Waals surface area contributed by atoms with Crippen molar-refractivity contribution in [3.05, 3.63) is 30.0 Å². The van der Waals surface area contributed by atoms with Gasteiger partial charge >= 0.3 is 0 Å². The summed E-state index contributed by atoms with van der Waals surface area (Å²) in [7, 11) is 0. The molecule has 4 nitrogen and oxygen atoms in total. The van der Waals surface area contributed by atoms with Gasteiger partial charge in [-0.1, -0.05) is 12.1 Å². The molecule has 1 aromatic heterocycles. The van der Waals surface area contributed by atoms with Gasteiger partial charge in [0.25, 0.3) is 0 Å². The predicted octanol–water partition coefficient (Wildman–Crippen LogP) is 3.36. The third kappa shape index (κ3) is 3.90. The molecule has 0 atom stereocenters. The lowest BCUT2D eigenvalue weighted by Crippen LogP contribution is -2.37. The minimum atomic E-state index is 0.136. The van der Waals surface area contributed by atoms with Crippen LogP contribution in [-0.2, 0) is 16.0 Å². The van der Waals surface area contributed by atoms with Gasteiger partial charge in [-0.25, -0.2) is 0 Å². The highest BCUT2D eigenvalue weighted by Gasteiger charge is 2.20. The molecule has 1 aromatic carbocycles. The monoisotopic (exact) mass is 333 g/mol. The van der Waals surface area contributed by atoms with Gasteiger partial charge in [0.15, 0.2) is 0 Å². The van der Waals surface area contributed by atoms with Gasteiger partial charge in [-0.3, -0.25) is 9.58 Å². The van der Waals surface area contributed by atoms with Crippen molar-refractivity contribution in [2.45, 2.75) is 31.6 Å². The van der Waals surface area contributed by atoms with Gasteiger partial charge in [0, 0.05) is 36.3 Å². The van der Waals surface area contributed by atoms with Crippen LogP contribution in [0.15, 0.2) is 24.4 Å². The van der Waals surface area contributed by atoms with Crippen LogP contribution in [-0.4, -0.2) is 53.8 Å². The molecule has 0 N–H and O–H groups in total. The first kappa shape index (κ1) is 16.8. The van der Waals surface area contributed by atoms with Gasteiger partial charge in [0.2, 0.25) is 0 Å². The summed E-state index contributed by atoms with van der Waals surface area (Å²) >= 11 is 1.89. The van der Waals surface area contributed by atoms with Gasteiger partial charge in [0.1, 0.15) is 0 Å². The van der Waals surface area contributed by atoms with Gasteiger partial charge in [0.05, 0.1) is 24.9 Å². The van der Waals surface area contributed by atoms with E-state index >= 15 is 0 Å². The Kier molecular flexibility index (Phi) is 5.29. The van der Waals surface area contributed by atoms with Crippen LogP contribution in [0.3, 0.4) is 0 Å². The largest absolute Gasteiger partial charge is 0.379 e. The topological polar surface area (TPSA) is 30.3 Å². The van der Waals surface area contributed by atoms with E-state index in [0.29, 0.717) is 0 Å². The highest BCUT2D eigenvalue weighted by atomic mass is 32.2. The maximum atomic E-state index is 5.40. The Balaban J connectivity index is 1.69. The number of fused-ring (bicyclic) bond motifs is 1. The van der Waals surface area contributed by atoms with Crippen LogP contribution in [0.2, 0.25) is 0 Å². The second kappa shape index (κ2) is 7.24. The fraction of sp³-hybridized carbons (Fsp3) is 0.611. The quantitative estimate of drug-likeness (QED) is 0.811.